The zero-order chi connectivity index (χ0) is 15.7. The number of hydrogen-bond acceptors (Lipinski definition) is 2. The molecule has 0 fully saturated rings. The van der Waals surface area contributed by atoms with Crippen molar-refractivity contribution in [3.8, 4) is 0 Å². The standard InChI is InChI=1S/C12H25ClO2S.C4H10/c1-2-3-4-5-6-7-8-9-10-11-12-16(13,14)15;1-3-4-2/h2-12H2,1H3;3-4H2,1-2H3. The van der Waals surface area contributed by atoms with Crippen LogP contribution in [-0.4, -0.2) is 14.2 Å². The van der Waals surface area contributed by atoms with Crippen molar-refractivity contribution in [1.82, 2.24) is 0 Å². The summed E-state index contributed by atoms with van der Waals surface area (Å²) in [6.45, 7) is 6.59. The Kier molecular flexibility index (Phi) is 19.5. The number of rotatable bonds is 12. The molecule has 2 nitrogen and oxygen atoms in total. The van der Waals surface area contributed by atoms with Crippen LogP contribution in [0.25, 0.3) is 0 Å². The van der Waals surface area contributed by atoms with Crippen LogP contribution in [0.5, 0.6) is 0 Å². The highest BCUT2D eigenvalue weighted by atomic mass is 35.7. The summed E-state index contributed by atoms with van der Waals surface area (Å²) in [5.41, 5.74) is 0. The van der Waals surface area contributed by atoms with Crippen LogP contribution in [0.2, 0.25) is 0 Å². The Morgan fingerprint density at radius 3 is 1.25 bits per heavy atom. The van der Waals surface area contributed by atoms with E-state index in [0.29, 0.717) is 6.42 Å². The van der Waals surface area contributed by atoms with E-state index in [1.165, 1.54) is 57.8 Å². The first-order valence-electron chi connectivity index (χ1n) is 8.40. The minimum atomic E-state index is -3.26. The highest BCUT2D eigenvalue weighted by Crippen LogP contribution is 2.11. The Morgan fingerprint density at radius 1 is 0.600 bits per heavy atom. The lowest BCUT2D eigenvalue weighted by molar-refractivity contribution is 0.559. The van der Waals surface area contributed by atoms with E-state index >= 15 is 0 Å². The van der Waals surface area contributed by atoms with Crippen LogP contribution in [0.3, 0.4) is 0 Å². The second-order valence-electron chi connectivity index (χ2n) is 5.42. The maximum absolute atomic E-state index is 10.6. The van der Waals surface area contributed by atoms with Crippen LogP contribution in [-0.2, 0) is 9.05 Å². The molecule has 0 aliphatic carbocycles. The molecule has 0 saturated carbocycles. The van der Waals surface area contributed by atoms with Crippen LogP contribution in [0.4, 0.5) is 0 Å². The molecule has 4 heteroatoms. The first-order valence-corrected chi connectivity index (χ1v) is 10.9. The largest absolute Gasteiger partial charge is 0.232 e. The van der Waals surface area contributed by atoms with E-state index in [1.807, 2.05) is 0 Å². The Labute approximate surface area is 132 Å². The zero-order valence-corrected chi connectivity index (χ0v) is 15.4. The first kappa shape index (κ1) is 22.5. The van der Waals surface area contributed by atoms with Crippen LogP contribution in [0, 0.1) is 0 Å². The monoisotopic (exact) mass is 326 g/mol. The van der Waals surface area contributed by atoms with Gasteiger partial charge in [-0.3, -0.25) is 0 Å². The van der Waals surface area contributed by atoms with E-state index in [4.69, 9.17) is 10.7 Å². The second-order valence-corrected chi connectivity index (χ2v) is 8.32. The van der Waals surface area contributed by atoms with E-state index in [1.54, 1.807) is 0 Å². The van der Waals surface area contributed by atoms with Gasteiger partial charge in [0, 0.05) is 10.7 Å². The van der Waals surface area contributed by atoms with Crippen molar-refractivity contribution in [2.24, 2.45) is 0 Å². The molecule has 0 bridgehead atoms. The van der Waals surface area contributed by atoms with Crippen molar-refractivity contribution >= 4 is 19.7 Å². The normalized spacial score (nSPS) is 11.0. The molecule has 0 aromatic rings. The van der Waals surface area contributed by atoms with Crippen LogP contribution >= 0.6 is 10.7 Å². The third-order valence-electron chi connectivity index (χ3n) is 3.24. The van der Waals surface area contributed by atoms with Gasteiger partial charge in [0.15, 0.2) is 0 Å². The van der Waals surface area contributed by atoms with Gasteiger partial charge in [0.2, 0.25) is 9.05 Å². The average Bonchev–Trinajstić information content (AvgIpc) is 2.40. The summed E-state index contributed by atoms with van der Waals surface area (Å²) in [6, 6.07) is 0. The van der Waals surface area contributed by atoms with Gasteiger partial charge < -0.3 is 0 Å². The maximum atomic E-state index is 10.6. The van der Waals surface area contributed by atoms with Crippen molar-refractivity contribution < 1.29 is 8.42 Å². The van der Waals surface area contributed by atoms with E-state index in [0.717, 1.165) is 12.8 Å². The molecule has 0 atom stereocenters. The molecular formula is C16H35ClO2S. The number of unbranched alkanes of at least 4 members (excludes halogenated alkanes) is 10. The molecule has 0 N–H and O–H groups in total. The molecule has 0 aromatic carbocycles. The molecule has 124 valence electrons. The molecule has 0 aromatic heterocycles. The highest BCUT2D eigenvalue weighted by Gasteiger charge is 2.03. The second kappa shape index (κ2) is 17.3. The SMILES string of the molecule is CCCC.CCCCCCCCCCCCS(=O)(=O)Cl. The molecule has 0 spiro atoms. The topological polar surface area (TPSA) is 34.1 Å². The third-order valence-corrected chi connectivity index (χ3v) is 4.48. The van der Waals surface area contributed by atoms with Gasteiger partial charge in [0.05, 0.1) is 5.75 Å². The third kappa shape index (κ3) is 26.7. The summed E-state index contributed by atoms with van der Waals surface area (Å²) in [5, 5.41) is 0. The van der Waals surface area contributed by atoms with Gasteiger partial charge in [-0.2, -0.15) is 0 Å². The summed E-state index contributed by atoms with van der Waals surface area (Å²) >= 11 is 0. The fourth-order valence-corrected chi connectivity index (χ4v) is 2.64. The summed E-state index contributed by atoms with van der Waals surface area (Å²) in [7, 11) is 1.86. The molecular weight excluding hydrogens is 292 g/mol. The number of hydrogen-bond donors (Lipinski definition) is 0. The Morgan fingerprint density at radius 2 is 0.950 bits per heavy atom. The molecule has 0 amide bonds. The lowest BCUT2D eigenvalue weighted by Crippen LogP contribution is -1.96. The molecule has 0 aliphatic rings. The fraction of sp³-hybridized carbons (Fsp3) is 1.00. The molecule has 0 aliphatic heterocycles. The summed E-state index contributed by atoms with van der Waals surface area (Å²) in [4.78, 5) is 0. The first-order chi connectivity index (χ1) is 9.47. The van der Waals surface area contributed by atoms with E-state index in [-0.39, 0.29) is 5.75 Å². The molecule has 0 unspecified atom stereocenters. The van der Waals surface area contributed by atoms with Gasteiger partial charge in [-0.15, -0.1) is 0 Å². The Balaban J connectivity index is 0. The fourth-order valence-electron chi connectivity index (χ4n) is 1.76. The predicted molar refractivity (Wildman–Crippen MR) is 92.1 cm³/mol. The average molecular weight is 327 g/mol. The van der Waals surface area contributed by atoms with Crippen LogP contribution < -0.4 is 0 Å². The molecule has 0 rings (SSSR count). The minimum Gasteiger partial charge on any atom is -0.212 e. The maximum Gasteiger partial charge on any atom is 0.232 e. The highest BCUT2D eigenvalue weighted by molar-refractivity contribution is 8.13. The van der Waals surface area contributed by atoms with Crippen molar-refractivity contribution in [3.63, 3.8) is 0 Å². The number of halogens is 1. The van der Waals surface area contributed by atoms with Gasteiger partial charge in [0.25, 0.3) is 0 Å². The lowest BCUT2D eigenvalue weighted by atomic mass is 10.1. The zero-order valence-electron chi connectivity index (χ0n) is 13.8. The lowest BCUT2D eigenvalue weighted by Gasteiger charge is -2.01. The summed E-state index contributed by atoms with van der Waals surface area (Å²) < 4.78 is 21.3. The van der Waals surface area contributed by atoms with Crippen molar-refractivity contribution in [1.29, 1.82) is 0 Å². The minimum absolute atomic E-state index is 0.130. The molecule has 0 saturated heterocycles. The van der Waals surface area contributed by atoms with Crippen molar-refractivity contribution in [2.75, 3.05) is 5.75 Å². The molecule has 0 radical (unpaired) electrons. The summed E-state index contributed by atoms with van der Waals surface area (Å²) in [6.07, 6.45) is 14.7. The molecule has 20 heavy (non-hydrogen) atoms. The summed E-state index contributed by atoms with van der Waals surface area (Å²) in [5.74, 6) is 0.130. The quantitative estimate of drug-likeness (QED) is 0.312. The van der Waals surface area contributed by atoms with Gasteiger partial charge >= 0.3 is 0 Å². The smallest absolute Gasteiger partial charge is 0.212 e. The van der Waals surface area contributed by atoms with Crippen molar-refractivity contribution in [3.05, 3.63) is 0 Å². The van der Waals surface area contributed by atoms with Crippen LogP contribution in [0.1, 0.15) is 97.8 Å². The van der Waals surface area contributed by atoms with Gasteiger partial charge in [0.1, 0.15) is 0 Å². The van der Waals surface area contributed by atoms with Crippen molar-refractivity contribution in [2.45, 2.75) is 97.8 Å². The van der Waals surface area contributed by atoms with E-state index < -0.39 is 9.05 Å². The van der Waals surface area contributed by atoms with Gasteiger partial charge in [-0.05, 0) is 6.42 Å². The molecule has 0 heterocycles. The Bertz CT molecular complexity index is 262. The van der Waals surface area contributed by atoms with Crippen LogP contribution in [0.15, 0.2) is 0 Å². The Hall–Kier alpha value is 0.240. The van der Waals surface area contributed by atoms with E-state index in [9.17, 15) is 8.42 Å². The van der Waals surface area contributed by atoms with Gasteiger partial charge in [-0.25, -0.2) is 8.42 Å². The van der Waals surface area contributed by atoms with Gasteiger partial charge in [-0.1, -0.05) is 91.4 Å². The van der Waals surface area contributed by atoms with E-state index in [2.05, 4.69) is 20.8 Å². The predicted octanol–water partition coefficient (Wildman–Crippen LogP) is 6.28.